The van der Waals surface area contributed by atoms with Crippen molar-refractivity contribution in [1.82, 2.24) is 9.80 Å². The van der Waals surface area contributed by atoms with E-state index in [2.05, 4.69) is 37.5 Å². The molecule has 8 heteroatoms. The van der Waals surface area contributed by atoms with Gasteiger partial charge in [0.05, 0.1) is 5.75 Å². The Balaban J connectivity index is 3.35. The second-order valence-corrected chi connectivity index (χ2v) is 10.6. The number of unbranched alkanes of at least 4 members (excludes halogenated alkanes) is 1. The quantitative estimate of drug-likeness (QED) is 0.325. The second kappa shape index (κ2) is 14.5. The summed E-state index contributed by atoms with van der Waals surface area (Å²) in [5, 5.41) is 0. The van der Waals surface area contributed by atoms with Gasteiger partial charge in [0.2, 0.25) is 5.91 Å². The van der Waals surface area contributed by atoms with E-state index in [1.54, 1.807) is 13.0 Å². The van der Waals surface area contributed by atoms with Gasteiger partial charge in [-0.1, -0.05) is 32.8 Å². The Morgan fingerprint density at radius 3 is 2.21 bits per heavy atom. The molecule has 0 N–H and O–H groups in total. The predicted molar refractivity (Wildman–Crippen MR) is 137 cm³/mol. The summed E-state index contributed by atoms with van der Waals surface area (Å²) < 4.78 is 30.2. The average molecular weight is 484 g/mol. The maximum absolute atomic E-state index is 13.5. The molecule has 0 aliphatic heterocycles. The lowest BCUT2D eigenvalue weighted by atomic mass is 9.97. The van der Waals surface area contributed by atoms with E-state index in [0.29, 0.717) is 24.4 Å². The lowest BCUT2D eigenvalue weighted by Gasteiger charge is -2.29. The molecule has 1 amide bonds. The van der Waals surface area contributed by atoms with Crippen molar-refractivity contribution in [3.05, 3.63) is 23.8 Å². The summed E-state index contributed by atoms with van der Waals surface area (Å²) >= 11 is 0. The van der Waals surface area contributed by atoms with Gasteiger partial charge in [-0.25, -0.2) is 0 Å². The summed E-state index contributed by atoms with van der Waals surface area (Å²) in [5.41, 5.74) is 1.62. The first kappa shape index (κ1) is 29.2. The van der Waals surface area contributed by atoms with E-state index in [1.807, 2.05) is 31.1 Å². The van der Waals surface area contributed by atoms with Gasteiger partial charge in [0, 0.05) is 56.0 Å². The van der Waals surface area contributed by atoms with Gasteiger partial charge in [-0.05, 0) is 53.8 Å². The molecular formula is C25H45N3O4S. The van der Waals surface area contributed by atoms with E-state index >= 15 is 0 Å². The van der Waals surface area contributed by atoms with Crippen molar-refractivity contribution in [2.75, 3.05) is 50.9 Å². The van der Waals surface area contributed by atoms with Crippen LogP contribution in [0.1, 0.15) is 65.9 Å². The number of benzene rings is 1. The molecule has 0 saturated carbocycles. The highest BCUT2D eigenvalue weighted by Crippen LogP contribution is 2.29. The van der Waals surface area contributed by atoms with Gasteiger partial charge >= 0.3 is 10.1 Å². The third kappa shape index (κ3) is 9.53. The Labute approximate surface area is 202 Å². The lowest BCUT2D eigenvalue weighted by Crippen LogP contribution is -2.40. The Morgan fingerprint density at radius 2 is 1.70 bits per heavy atom. The first-order valence-corrected chi connectivity index (χ1v) is 13.9. The van der Waals surface area contributed by atoms with Crippen LogP contribution in [0.25, 0.3) is 0 Å². The van der Waals surface area contributed by atoms with E-state index < -0.39 is 10.1 Å². The van der Waals surface area contributed by atoms with Gasteiger partial charge in [-0.3, -0.25) is 4.79 Å². The van der Waals surface area contributed by atoms with Gasteiger partial charge in [0.25, 0.3) is 0 Å². The minimum absolute atomic E-state index is 0.0224. The highest BCUT2D eigenvalue weighted by atomic mass is 32.2. The maximum Gasteiger partial charge on any atom is 0.308 e. The van der Waals surface area contributed by atoms with Crippen LogP contribution in [0.5, 0.6) is 5.75 Å². The van der Waals surface area contributed by atoms with Gasteiger partial charge < -0.3 is 18.9 Å². The van der Waals surface area contributed by atoms with Gasteiger partial charge in [-0.2, -0.15) is 8.42 Å². The molecule has 0 unspecified atom stereocenters. The highest BCUT2D eigenvalue weighted by molar-refractivity contribution is 7.87. The monoisotopic (exact) mass is 483 g/mol. The molecule has 190 valence electrons. The van der Waals surface area contributed by atoms with Gasteiger partial charge in [-0.15, -0.1) is 0 Å². The Bertz CT molecular complexity index is 823. The van der Waals surface area contributed by atoms with Crippen LogP contribution in [0.4, 0.5) is 5.69 Å². The van der Waals surface area contributed by atoms with Crippen molar-refractivity contribution in [3.63, 3.8) is 0 Å². The molecular weight excluding hydrogens is 438 g/mol. The zero-order chi connectivity index (χ0) is 25.0. The van der Waals surface area contributed by atoms with Crippen LogP contribution < -0.4 is 9.08 Å². The predicted octanol–water partition coefficient (Wildman–Crippen LogP) is 4.37. The fourth-order valence-electron chi connectivity index (χ4n) is 3.74. The Morgan fingerprint density at radius 1 is 1.03 bits per heavy atom. The largest absolute Gasteiger partial charge is 0.382 e. The van der Waals surface area contributed by atoms with Gasteiger partial charge in [0.15, 0.2) is 0 Å². The molecule has 0 spiro atoms. The number of hydrogen-bond acceptors (Lipinski definition) is 6. The number of nitrogens with zero attached hydrogens (tertiary/aromatic N) is 3. The molecule has 0 bridgehead atoms. The summed E-state index contributed by atoms with van der Waals surface area (Å²) in [4.78, 5) is 19.5. The minimum Gasteiger partial charge on any atom is -0.382 e. The zero-order valence-corrected chi connectivity index (χ0v) is 22.6. The number of amides is 1. The van der Waals surface area contributed by atoms with Crippen LogP contribution >= 0.6 is 0 Å². The van der Waals surface area contributed by atoms with Crippen LogP contribution in [0.3, 0.4) is 0 Å². The smallest absolute Gasteiger partial charge is 0.308 e. The van der Waals surface area contributed by atoms with E-state index in [-0.39, 0.29) is 17.6 Å². The summed E-state index contributed by atoms with van der Waals surface area (Å²) in [6.07, 6.45) is 3.75. The van der Waals surface area contributed by atoms with Crippen molar-refractivity contribution < 1.29 is 17.4 Å². The van der Waals surface area contributed by atoms with E-state index in [4.69, 9.17) is 4.18 Å². The standard InChI is InChI=1S/C25H45N3O4S/c1-8-13-14-21(9-2)25(29)28(18-17-26(6)7)20-22-15-16-23(27(10-3)11-4)19-24(22)32-33(30,31)12-5/h15-16,19,21H,8-14,17-18,20H2,1-7H3/t21-/m1/s1. The zero-order valence-electron chi connectivity index (χ0n) is 21.8. The molecule has 0 aliphatic carbocycles. The lowest BCUT2D eigenvalue weighted by molar-refractivity contribution is -0.136. The van der Waals surface area contributed by atoms with Gasteiger partial charge in [0.1, 0.15) is 5.75 Å². The molecule has 1 aromatic rings. The second-order valence-electron chi connectivity index (χ2n) is 8.70. The van der Waals surface area contributed by atoms with Crippen molar-refractivity contribution in [2.45, 2.75) is 66.8 Å². The molecule has 0 aromatic heterocycles. The molecule has 7 nitrogen and oxygen atoms in total. The van der Waals surface area contributed by atoms with Crippen LogP contribution in [-0.4, -0.2) is 70.2 Å². The molecule has 1 atom stereocenters. The summed E-state index contributed by atoms with van der Waals surface area (Å²) in [7, 11) is 0.273. The summed E-state index contributed by atoms with van der Waals surface area (Å²) in [5.74, 6) is 0.307. The van der Waals surface area contributed by atoms with Crippen molar-refractivity contribution in [2.24, 2.45) is 5.92 Å². The molecule has 0 heterocycles. The van der Waals surface area contributed by atoms with Crippen molar-refractivity contribution >= 4 is 21.7 Å². The molecule has 0 radical (unpaired) electrons. The van der Waals surface area contributed by atoms with Crippen LogP contribution in [0, 0.1) is 5.92 Å². The van der Waals surface area contributed by atoms with E-state index in [9.17, 15) is 13.2 Å². The number of carbonyl (C=O) groups is 1. The number of carbonyl (C=O) groups excluding carboxylic acids is 1. The Kier molecular flexibility index (Phi) is 12.8. The molecule has 0 aliphatic rings. The van der Waals surface area contributed by atoms with E-state index in [0.717, 1.165) is 51.0 Å². The van der Waals surface area contributed by atoms with Crippen LogP contribution in [0.2, 0.25) is 0 Å². The summed E-state index contributed by atoms with van der Waals surface area (Å²) in [6, 6.07) is 5.67. The number of likely N-dealkylation sites (N-methyl/N-ethyl adjacent to an activating group) is 1. The highest BCUT2D eigenvalue weighted by Gasteiger charge is 2.25. The third-order valence-electron chi connectivity index (χ3n) is 5.99. The molecule has 1 aromatic carbocycles. The topological polar surface area (TPSA) is 70.2 Å². The van der Waals surface area contributed by atoms with E-state index in [1.165, 1.54) is 0 Å². The fraction of sp³-hybridized carbons (Fsp3) is 0.720. The van der Waals surface area contributed by atoms with Crippen molar-refractivity contribution in [1.29, 1.82) is 0 Å². The van der Waals surface area contributed by atoms with Crippen LogP contribution in [0.15, 0.2) is 18.2 Å². The van der Waals surface area contributed by atoms with Crippen LogP contribution in [-0.2, 0) is 21.5 Å². The Hall–Kier alpha value is -1.80. The first-order chi connectivity index (χ1) is 15.6. The maximum atomic E-state index is 13.5. The van der Waals surface area contributed by atoms with Crippen molar-refractivity contribution in [3.8, 4) is 5.75 Å². The third-order valence-corrected chi connectivity index (χ3v) is 7.13. The fourth-order valence-corrected chi connectivity index (χ4v) is 4.28. The number of hydrogen-bond donors (Lipinski definition) is 0. The molecule has 0 saturated heterocycles. The number of rotatable bonds is 16. The first-order valence-electron chi connectivity index (χ1n) is 12.4. The molecule has 33 heavy (non-hydrogen) atoms. The molecule has 0 fully saturated rings. The number of anilines is 1. The molecule has 1 rings (SSSR count). The minimum atomic E-state index is -3.70. The normalized spacial score (nSPS) is 12.6. The average Bonchev–Trinajstić information content (AvgIpc) is 2.78. The summed E-state index contributed by atoms with van der Waals surface area (Å²) in [6.45, 7) is 13.1. The SMILES string of the molecule is CCCC[C@@H](CC)C(=O)N(CCN(C)C)Cc1ccc(N(CC)CC)cc1OS(=O)(=O)CC.